The molecule has 1 aliphatic rings. The quantitative estimate of drug-likeness (QED) is 0.845. The summed E-state index contributed by atoms with van der Waals surface area (Å²) in [5.41, 5.74) is 0.716. The Morgan fingerprint density at radius 2 is 2.29 bits per heavy atom. The minimum absolute atomic E-state index is 0.0462. The van der Waals surface area contributed by atoms with E-state index in [2.05, 4.69) is 21.8 Å². The second-order valence-corrected chi connectivity index (χ2v) is 6.63. The van der Waals surface area contributed by atoms with Crippen molar-refractivity contribution in [3.8, 4) is 0 Å². The molecule has 1 aromatic heterocycles. The summed E-state index contributed by atoms with van der Waals surface area (Å²) in [6.45, 7) is 3.62. The van der Waals surface area contributed by atoms with Crippen molar-refractivity contribution in [1.82, 2.24) is 14.9 Å². The van der Waals surface area contributed by atoms with E-state index in [1.165, 1.54) is 0 Å². The molecule has 5 nitrogen and oxygen atoms in total. The molecular formula is C18H23N3O2S. The first kappa shape index (κ1) is 17.0. The fourth-order valence-corrected chi connectivity index (χ4v) is 3.70. The molecule has 1 amide bonds. The highest BCUT2D eigenvalue weighted by atomic mass is 32.2. The maximum Gasteiger partial charge on any atom is 0.252 e. The van der Waals surface area contributed by atoms with Gasteiger partial charge in [0.1, 0.15) is 11.9 Å². The Morgan fingerprint density at radius 1 is 1.46 bits per heavy atom. The average Bonchev–Trinajstić information content (AvgIpc) is 3.10. The topological polar surface area (TPSA) is 56.1 Å². The molecule has 0 unspecified atom stereocenters. The molecular weight excluding hydrogens is 322 g/mol. The van der Waals surface area contributed by atoms with Crippen LogP contribution in [-0.2, 0) is 11.3 Å². The first-order chi connectivity index (χ1) is 11.7. The van der Waals surface area contributed by atoms with Crippen molar-refractivity contribution in [2.45, 2.75) is 43.4 Å². The fourth-order valence-electron chi connectivity index (χ4n) is 3.11. The Hall–Kier alpha value is -1.79. The lowest BCUT2D eigenvalue weighted by molar-refractivity contribution is -0.0163. The summed E-state index contributed by atoms with van der Waals surface area (Å²) in [7, 11) is 0. The Morgan fingerprint density at radius 3 is 3.08 bits per heavy atom. The van der Waals surface area contributed by atoms with Gasteiger partial charge in [0.05, 0.1) is 11.6 Å². The van der Waals surface area contributed by atoms with Gasteiger partial charge in [-0.1, -0.05) is 12.1 Å². The summed E-state index contributed by atoms with van der Waals surface area (Å²) in [5, 5.41) is 3.17. The zero-order valence-corrected chi connectivity index (χ0v) is 14.9. The molecule has 24 heavy (non-hydrogen) atoms. The lowest BCUT2D eigenvalue weighted by Gasteiger charge is -2.32. The number of hydrogen-bond donors (Lipinski definition) is 1. The van der Waals surface area contributed by atoms with E-state index < -0.39 is 0 Å². The van der Waals surface area contributed by atoms with Gasteiger partial charge in [-0.15, -0.1) is 11.8 Å². The molecule has 6 heteroatoms. The van der Waals surface area contributed by atoms with Gasteiger partial charge < -0.3 is 14.6 Å². The number of nitrogens with one attached hydrogen (secondary N) is 1. The molecule has 1 aromatic carbocycles. The van der Waals surface area contributed by atoms with Crippen molar-refractivity contribution >= 4 is 17.7 Å². The lowest BCUT2D eigenvalue weighted by atomic mass is 10.0. The Balaban J connectivity index is 1.80. The molecule has 0 spiro atoms. The van der Waals surface area contributed by atoms with Gasteiger partial charge in [0.15, 0.2) is 0 Å². The second kappa shape index (κ2) is 7.85. The highest BCUT2D eigenvalue weighted by Gasteiger charge is 2.32. The van der Waals surface area contributed by atoms with Crippen LogP contribution in [0.15, 0.2) is 41.6 Å². The molecule has 1 N–H and O–H groups in total. The first-order valence-electron chi connectivity index (χ1n) is 8.31. The number of aryl methyl sites for hydroxylation is 1. The van der Waals surface area contributed by atoms with Crippen molar-refractivity contribution < 1.29 is 9.53 Å². The van der Waals surface area contributed by atoms with E-state index in [1.54, 1.807) is 18.0 Å². The molecule has 0 aliphatic carbocycles. The standard InChI is InChI=1S/C18H23N3O2S/c1-3-21-11-10-19-17(21)16-14(8-6-12-23-16)20-18(22)13-7-4-5-9-15(13)24-2/h4-5,7,9-11,14,16H,3,6,8,12H2,1-2H3,(H,20,22)/t14-,16-/m0/s1. The monoisotopic (exact) mass is 345 g/mol. The van der Waals surface area contributed by atoms with E-state index >= 15 is 0 Å². The maximum atomic E-state index is 12.8. The van der Waals surface area contributed by atoms with E-state index in [1.807, 2.05) is 36.7 Å². The highest BCUT2D eigenvalue weighted by Crippen LogP contribution is 2.28. The predicted octanol–water partition coefficient (Wildman–Crippen LogP) is 3.28. The van der Waals surface area contributed by atoms with Crippen molar-refractivity contribution in [1.29, 1.82) is 0 Å². The Kier molecular flexibility index (Phi) is 5.58. The third-order valence-electron chi connectivity index (χ3n) is 4.33. The van der Waals surface area contributed by atoms with Gasteiger partial charge in [-0.3, -0.25) is 4.79 Å². The number of ether oxygens (including phenoxy) is 1. The molecule has 2 atom stereocenters. The van der Waals surface area contributed by atoms with Crippen LogP contribution in [0.3, 0.4) is 0 Å². The number of nitrogens with zero attached hydrogens (tertiary/aromatic N) is 2. The highest BCUT2D eigenvalue weighted by molar-refractivity contribution is 7.98. The smallest absolute Gasteiger partial charge is 0.252 e. The van der Waals surface area contributed by atoms with Crippen LogP contribution in [0.4, 0.5) is 0 Å². The third-order valence-corrected chi connectivity index (χ3v) is 5.13. The zero-order valence-electron chi connectivity index (χ0n) is 14.1. The van der Waals surface area contributed by atoms with Gasteiger partial charge in [-0.05, 0) is 38.2 Å². The van der Waals surface area contributed by atoms with E-state index in [0.29, 0.717) is 12.2 Å². The molecule has 1 saturated heterocycles. The van der Waals surface area contributed by atoms with Crippen LogP contribution in [0, 0.1) is 0 Å². The fraction of sp³-hybridized carbons (Fsp3) is 0.444. The predicted molar refractivity (Wildman–Crippen MR) is 95.3 cm³/mol. The molecule has 128 valence electrons. The van der Waals surface area contributed by atoms with Gasteiger partial charge in [-0.25, -0.2) is 4.98 Å². The van der Waals surface area contributed by atoms with Gasteiger partial charge in [-0.2, -0.15) is 0 Å². The molecule has 0 radical (unpaired) electrons. The number of carbonyl (C=O) groups excluding carboxylic acids is 1. The van der Waals surface area contributed by atoms with E-state index in [0.717, 1.165) is 30.1 Å². The Labute approximate surface area is 146 Å². The second-order valence-electron chi connectivity index (χ2n) is 5.79. The number of imidazole rings is 1. The summed E-state index contributed by atoms with van der Waals surface area (Å²) in [6, 6.07) is 7.62. The minimum atomic E-state index is -0.195. The number of aromatic nitrogens is 2. The van der Waals surface area contributed by atoms with E-state index in [9.17, 15) is 4.79 Å². The van der Waals surface area contributed by atoms with E-state index in [-0.39, 0.29) is 18.1 Å². The molecule has 1 aliphatic heterocycles. The van der Waals surface area contributed by atoms with Gasteiger partial charge in [0.25, 0.3) is 5.91 Å². The molecule has 3 rings (SSSR count). The summed E-state index contributed by atoms with van der Waals surface area (Å²) in [4.78, 5) is 18.2. The van der Waals surface area contributed by atoms with Crippen LogP contribution >= 0.6 is 11.8 Å². The van der Waals surface area contributed by atoms with E-state index in [4.69, 9.17) is 4.74 Å². The summed E-state index contributed by atoms with van der Waals surface area (Å²) < 4.78 is 8.04. The number of hydrogen-bond acceptors (Lipinski definition) is 4. The van der Waals surface area contributed by atoms with Crippen LogP contribution in [0.5, 0.6) is 0 Å². The Bertz CT molecular complexity index is 701. The van der Waals surface area contributed by atoms with Crippen LogP contribution in [0.2, 0.25) is 0 Å². The summed E-state index contributed by atoms with van der Waals surface area (Å²) in [5.74, 6) is 0.843. The largest absolute Gasteiger partial charge is 0.368 e. The molecule has 1 fully saturated rings. The summed E-state index contributed by atoms with van der Waals surface area (Å²) >= 11 is 1.58. The average molecular weight is 345 g/mol. The zero-order chi connectivity index (χ0) is 16.9. The first-order valence-corrected chi connectivity index (χ1v) is 9.53. The maximum absolute atomic E-state index is 12.8. The van der Waals surface area contributed by atoms with Crippen molar-refractivity contribution in [3.63, 3.8) is 0 Å². The lowest BCUT2D eigenvalue weighted by Crippen LogP contribution is -2.43. The van der Waals surface area contributed by atoms with Gasteiger partial charge in [0, 0.05) is 30.4 Å². The SMILES string of the molecule is CCn1ccnc1[C@H]1OCCC[C@@H]1NC(=O)c1ccccc1SC. The molecule has 2 aromatic rings. The summed E-state index contributed by atoms with van der Waals surface area (Å²) in [6.07, 6.45) is 7.37. The third kappa shape index (κ3) is 3.49. The normalized spacial score (nSPS) is 20.8. The number of carbonyl (C=O) groups is 1. The molecule has 2 heterocycles. The molecule has 0 bridgehead atoms. The van der Waals surface area contributed by atoms with Gasteiger partial charge >= 0.3 is 0 Å². The van der Waals surface area contributed by atoms with Crippen LogP contribution in [0.25, 0.3) is 0 Å². The number of thioether (sulfide) groups is 1. The van der Waals surface area contributed by atoms with Crippen molar-refractivity contribution in [3.05, 3.63) is 48.0 Å². The van der Waals surface area contributed by atoms with Gasteiger partial charge in [0.2, 0.25) is 0 Å². The minimum Gasteiger partial charge on any atom is -0.368 e. The van der Waals surface area contributed by atoms with Crippen LogP contribution < -0.4 is 5.32 Å². The molecule has 0 saturated carbocycles. The number of amides is 1. The van der Waals surface area contributed by atoms with Crippen molar-refractivity contribution in [2.75, 3.05) is 12.9 Å². The van der Waals surface area contributed by atoms with Crippen LogP contribution in [-0.4, -0.2) is 34.4 Å². The number of benzene rings is 1. The number of rotatable bonds is 5. The van der Waals surface area contributed by atoms with Crippen molar-refractivity contribution in [2.24, 2.45) is 0 Å². The van der Waals surface area contributed by atoms with Crippen LogP contribution in [0.1, 0.15) is 42.1 Å².